The molecular formula is C11H20F3NO3S. The Morgan fingerprint density at radius 1 is 1.32 bits per heavy atom. The molecule has 0 spiro atoms. The Kier molecular flexibility index (Phi) is 5.25. The van der Waals surface area contributed by atoms with Gasteiger partial charge in [0.1, 0.15) is 9.84 Å². The molecule has 4 nitrogen and oxygen atoms in total. The lowest BCUT2D eigenvalue weighted by Gasteiger charge is -2.40. The molecule has 1 fully saturated rings. The molecule has 0 heterocycles. The van der Waals surface area contributed by atoms with Crippen molar-refractivity contribution in [1.82, 2.24) is 4.90 Å². The zero-order valence-corrected chi connectivity index (χ0v) is 11.8. The summed E-state index contributed by atoms with van der Waals surface area (Å²) in [7, 11) is -1.73. The molecule has 1 saturated carbocycles. The second-order valence-corrected chi connectivity index (χ2v) is 7.55. The summed E-state index contributed by atoms with van der Waals surface area (Å²) in [4.78, 5) is 1.40. The highest BCUT2D eigenvalue weighted by atomic mass is 32.2. The van der Waals surface area contributed by atoms with E-state index in [9.17, 15) is 26.7 Å². The van der Waals surface area contributed by atoms with Gasteiger partial charge in [-0.15, -0.1) is 0 Å². The summed E-state index contributed by atoms with van der Waals surface area (Å²) < 4.78 is 60.9. The van der Waals surface area contributed by atoms with Crippen LogP contribution in [0.25, 0.3) is 0 Å². The average molecular weight is 303 g/mol. The molecule has 1 aliphatic carbocycles. The minimum atomic E-state index is -4.32. The van der Waals surface area contributed by atoms with E-state index in [1.165, 1.54) is 11.9 Å². The number of rotatable bonds is 4. The standard InChI is InChI=1S/C11H20F3NO3S/c1-15(5-6-19(2,17)18)10-7-8(16)3-4-9(10)11(12,13)14/h8-10,16H,3-7H2,1-2H3. The quantitative estimate of drug-likeness (QED) is 0.843. The van der Waals surface area contributed by atoms with Gasteiger partial charge in [0, 0.05) is 18.8 Å². The third-order valence-corrected chi connectivity index (χ3v) is 4.51. The first-order valence-corrected chi connectivity index (χ1v) is 8.19. The van der Waals surface area contributed by atoms with Gasteiger partial charge in [0.15, 0.2) is 0 Å². The maximum Gasteiger partial charge on any atom is 0.393 e. The fraction of sp³-hybridized carbons (Fsp3) is 1.00. The van der Waals surface area contributed by atoms with E-state index in [0.29, 0.717) is 0 Å². The van der Waals surface area contributed by atoms with Crippen molar-refractivity contribution in [2.75, 3.05) is 25.6 Å². The van der Waals surface area contributed by atoms with Crippen LogP contribution in [0.5, 0.6) is 0 Å². The van der Waals surface area contributed by atoms with Crippen LogP contribution >= 0.6 is 0 Å². The molecule has 0 aromatic rings. The molecule has 3 atom stereocenters. The Morgan fingerprint density at radius 2 is 1.89 bits per heavy atom. The number of hydrogen-bond donors (Lipinski definition) is 1. The molecule has 0 aliphatic heterocycles. The first kappa shape index (κ1) is 16.7. The molecule has 0 radical (unpaired) electrons. The summed E-state index contributed by atoms with van der Waals surface area (Å²) in [6.45, 7) is 0.0444. The van der Waals surface area contributed by atoms with Crippen molar-refractivity contribution in [3.05, 3.63) is 0 Å². The number of aliphatic hydroxyl groups excluding tert-OH is 1. The summed E-state index contributed by atoms with van der Waals surface area (Å²) >= 11 is 0. The van der Waals surface area contributed by atoms with Gasteiger partial charge >= 0.3 is 6.18 Å². The van der Waals surface area contributed by atoms with Gasteiger partial charge in [-0.05, 0) is 26.3 Å². The van der Waals surface area contributed by atoms with Crippen molar-refractivity contribution in [2.45, 2.75) is 37.6 Å². The predicted molar refractivity (Wildman–Crippen MR) is 65.5 cm³/mol. The molecule has 0 bridgehead atoms. The predicted octanol–water partition coefficient (Wildman–Crippen LogP) is 1.05. The zero-order valence-electron chi connectivity index (χ0n) is 11.0. The van der Waals surface area contributed by atoms with Crippen molar-refractivity contribution in [3.63, 3.8) is 0 Å². The lowest BCUT2D eigenvalue weighted by molar-refractivity contribution is -0.203. The highest BCUT2D eigenvalue weighted by Crippen LogP contribution is 2.39. The van der Waals surface area contributed by atoms with Crippen LogP contribution in [0.2, 0.25) is 0 Å². The van der Waals surface area contributed by atoms with E-state index in [-0.39, 0.29) is 31.6 Å². The van der Waals surface area contributed by atoms with Gasteiger partial charge in [0.2, 0.25) is 0 Å². The average Bonchev–Trinajstić information content (AvgIpc) is 2.23. The highest BCUT2D eigenvalue weighted by Gasteiger charge is 2.48. The number of nitrogens with zero attached hydrogens (tertiary/aromatic N) is 1. The van der Waals surface area contributed by atoms with Crippen molar-refractivity contribution in [1.29, 1.82) is 0 Å². The van der Waals surface area contributed by atoms with Crippen LogP contribution in [0, 0.1) is 5.92 Å². The zero-order chi connectivity index (χ0) is 14.8. The third-order valence-electron chi connectivity index (χ3n) is 3.59. The van der Waals surface area contributed by atoms with E-state index in [2.05, 4.69) is 0 Å². The van der Waals surface area contributed by atoms with Gasteiger partial charge in [-0.1, -0.05) is 0 Å². The van der Waals surface area contributed by atoms with Gasteiger partial charge in [0.25, 0.3) is 0 Å². The molecule has 0 amide bonds. The van der Waals surface area contributed by atoms with Gasteiger partial charge in [0.05, 0.1) is 17.8 Å². The van der Waals surface area contributed by atoms with E-state index >= 15 is 0 Å². The molecule has 19 heavy (non-hydrogen) atoms. The van der Waals surface area contributed by atoms with E-state index in [1.54, 1.807) is 0 Å². The van der Waals surface area contributed by atoms with Gasteiger partial charge in [-0.2, -0.15) is 13.2 Å². The van der Waals surface area contributed by atoms with Gasteiger partial charge in [-0.3, -0.25) is 0 Å². The topological polar surface area (TPSA) is 57.6 Å². The van der Waals surface area contributed by atoms with Crippen LogP contribution in [0.15, 0.2) is 0 Å². The molecular weight excluding hydrogens is 283 g/mol. The lowest BCUT2D eigenvalue weighted by atomic mass is 9.81. The van der Waals surface area contributed by atoms with Gasteiger partial charge < -0.3 is 10.0 Å². The smallest absolute Gasteiger partial charge is 0.393 e. The van der Waals surface area contributed by atoms with E-state index in [4.69, 9.17) is 0 Å². The Labute approximate surface area is 111 Å². The normalized spacial score (nSPS) is 29.7. The monoisotopic (exact) mass is 303 g/mol. The van der Waals surface area contributed by atoms with Crippen molar-refractivity contribution >= 4 is 9.84 Å². The highest BCUT2D eigenvalue weighted by molar-refractivity contribution is 7.90. The number of sulfone groups is 1. The summed E-state index contributed by atoms with van der Waals surface area (Å²) in [5.41, 5.74) is 0. The summed E-state index contributed by atoms with van der Waals surface area (Å²) in [5, 5.41) is 9.53. The number of halogens is 3. The van der Waals surface area contributed by atoms with Gasteiger partial charge in [-0.25, -0.2) is 8.42 Å². The second kappa shape index (κ2) is 5.97. The van der Waals surface area contributed by atoms with Crippen LogP contribution in [0.3, 0.4) is 0 Å². The van der Waals surface area contributed by atoms with Crippen LogP contribution < -0.4 is 0 Å². The molecule has 1 N–H and O–H groups in total. The van der Waals surface area contributed by atoms with Crippen LogP contribution in [0.4, 0.5) is 13.2 Å². The number of hydrogen-bond acceptors (Lipinski definition) is 4. The third kappa shape index (κ3) is 5.27. The summed E-state index contributed by atoms with van der Waals surface area (Å²) in [5.74, 6) is -1.68. The van der Waals surface area contributed by atoms with Crippen molar-refractivity contribution in [2.24, 2.45) is 5.92 Å². The minimum Gasteiger partial charge on any atom is -0.393 e. The Morgan fingerprint density at radius 3 is 2.37 bits per heavy atom. The Hall–Kier alpha value is -0.340. The fourth-order valence-electron chi connectivity index (χ4n) is 2.47. The largest absolute Gasteiger partial charge is 0.393 e. The summed E-state index contributed by atoms with van der Waals surface area (Å²) in [6.07, 6.45) is -3.95. The second-order valence-electron chi connectivity index (χ2n) is 5.29. The summed E-state index contributed by atoms with van der Waals surface area (Å²) in [6, 6.07) is -0.856. The maximum atomic E-state index is 12.9. The molecule has 114 valence electrons. The molecule has 8 heteroatoms. The van der Waals surface area contributed by atoms with Crippen LogP contribution in [-0.4, -0.2) is 62.3 Å². The molecule has 1 aliphatic rings. The number of aliphatic hydroxyl groups is 1. The van der Waals surface area contributed by atoms with Crippen LogP contribution in [0.1, 0.15) is 19.3 Å². The first-order chi connectivity index (χ1) is 8.50. The minimum absolute atomic E-state index is 0.0322. The van der Waals surface area contributed by atoms with Crippen molar-refractivity contribution < 1.29 is 26.7 Å². The Bertz CT molecular complexity index is 396. The van der Waals surface area contributed by atoms with E-state index < -0.39 is 34.1 Å². The fourth-order valence-corrected chi connectivity index (χ4v) is 3.09. The maximum absolute atomic E-state index is 12.9. The first-order valence-electron chi connectivity index (χ1n) is 6.13. The SMILES string of the molecule is CN(CCS(C)(=O)=O)C1CC(O)CCC1C(F)(F)F. The molecule has 0 saturated heterocycles. The molecule has 1 rings (SSSR count). The molecule has 3 unspecified atom stereocenters. The molecule has 0 aromatic carbocycles. The van der Waals surface area contributed by atoms with Crippen LogP contribution in [-0.2, 0) is 9.84 Å². The van der Waals surface area contributed by atoms with E-state index in [1.807, 2.05) is 0 Å². The lowest BCUT2D eigenvalue weighted by Crippen LogP contribution is -2.50. The van der Waals surface area contributed by atoms with E-state index in [0.717, 1.165) is 6.26 Å². The molecule has 0 aromatic heterocycles. The van der Waals surface area contributed by atoms with Crippen molar-refractivity contribution in [3.8, 4) is 0 Å². The number of alkyl halides is 3. The Balaban J connectivity index is 2.74.